The fourth-order valence-corrected chi connectivity index (χ4v) is 4.13. The van der Waals surface area contributed by atoms with Crippen molar-refractivity contribution in [2.75, 3.05) is 38.7 Å². The minimum Gasteiger partial charge on any atom is -0.493 e. The molecule has 2 aromatic rings. The van der Waals surface area contributed by atoms with Gasteiger partial charge in [0.25, 0.3) is 5.91 Å². The Labute approximate surface area is 223 Å². The van der Waals surface area contributed by atoms with Crippen molar-refractivity contribution in [1.29, 1.82) is 5.41 Å². The second-order valence-corrected chi connectivity index (χ2v) is 9.91. The molecule has 37 heavy (non-hydrogen) atoms. The van der Waals surface area contributed by atoms with Gasteiger partial charge in [-0.15, -0.1) is 12.4 Å². The monoisotopic (exact) mass is 530 g/mol. The van der Waals surface area contributed by atoms with Crippen LogP contribution in [0, 0.1) is 5.41 Å². The molecular formula is C27H35ClN4O5. The lowest BCUT2D eigenvalue weighted by Crippen LogP contribution is -2.31. The minimum atomic E-state index is -0.961. The van der Waals surface area contributed by atoms with Gasteiger partial charge in [-0.1, -0.05) is 20.8 Å². The molecule has 200 valence electrons. The van der Waals surface area contributed by atoms with Crippen LogP contribution in [0.25, 0.3) is 0 Å². The first-order valence-electron chi connectivity index (χ1n) is 11.8. The molecule has 0 saturated heterocycles. The zero-order valence-electron chi connectivity index (χ0n) is 22.1. The molecule has 1 heterocycles. The molecule has 1 amide bonds. The van der Waals surface area contributed by atoms with Crippen molar-refractivity contribution in [3.8, 4) is 5.75 Å². The molecule has 0 aromatic heterocycles. The van der Waals surface area contributed by atoms with E-state index in [0.717, 1.165) is 11.1 Å². The number of nitrogens with zero attached hydrogens (tertiary/aromatic N) is 2. The van der Waals surface area contributed by atoms with E-state index in [-0.39, 0.29) is 48.4 Å². The highest BCUT2D eigenvalue weighted by Gasteiger charge is 2.30. The number of amides is 1. The van der Waals surface area contributed by atoms with Crippen molar-refractivity contribution >= 4 is 41.6 Å². The van der Waals surface area contributed by atoms with Gasteiger partial charge < -0.3 is 25.0 Å². The molecule has 0 fully saturated rings. The first-order valence-corrected chi connectivity index (χ1v) is 11.8. The van der Waals surface area contributed by atoms with E-state index >= 15 is 0 Å². The summed E-state index contributed by atoms with van der Waals surface area (Å²) in [7, 11) is 3.21. The Morgan fingerprint density at radius 2 is 1.84 bits per heavy atom. The lowest BCUT2D eigenvalue weighted by atomic mass is 9.85. The van der Waals surface area contributed by atoms with Crippen LogP contribution in [0.4, 0.5) is 5.69 Å². The van der Waals surface area contributed by atoms with E-state index in [1.807, 2.05) is 39.8 Å². The Kier molecular flexibility index (Phi) is 9.33. The van der Waals surface area contributed by atoms with Crippen LogP contribution >= 0.6 is 12.4 Å². The number of hydrogen-bond donors (Lipinski definition) is 3. The number of nitrogens with one attached hydrogen (secondary N) is 2. The second-order valence-electron chi connectivity index (χ2n) is 9.91. The summed E-state index contributed by atoms with van der Waals surface area (Å²) in [6, 6.07) is 8.85. The van der Waals surface area contributed by atoms with Gasteiger partial charge in [0.05, 0.1) is 18.7 Å². The zero-order chi connectivity index (χ0) is 26.8. The molecule has 3 N–H and O–H groups in total. The number of likely N-dealkylation sites (N-methyl/N-ethyl adjacent to an activating group) is 1. The molecular weight excluding hydrogens is 496 g/mol. The Morgan fingerprint density at radius 1 is 1.16 bits per heavy atom. The van der Waals surface area contributed by atoms with Gasteiger partial charge in [-0.25, -0.2) is 0 Å². The summed E-state index contributed by atoms with van der Waals surface area (Å²) in [6.45, 7) is 8.45. The largest absolute Gasteiger partial charge is 0.493 e. The highest BCUT2D eigenvalue weighted by molar-refractivity contribution is 6.07. The second kappa shape index (κ2) is 11.6. The van der Waals surface area contributed by atoms with Crippen LogP contribution in [0.15, 0.2) is 30.3 Å². The van der Waals surface area contributed by atoms with Crippen LogP contribution < -0.4 is 15.0 Å². The maximum atomic E-state index is 13.4. The van der Waals surface area contributed by atoms with Crippen molar-refractivity contribution in [2.45, 2.75) is 39.7 Å². The zero-order valence-corrected chi connectivity index (χ0v) is 22.9. The predicted octanol–water partition coefficient (Wildman–Crippen LogP) is 3.71. The molecule has 0 radical (unpaired) electrons. The fraction of sp³-hybridized carbons (Fsp3) is 0.407. The SMILES string of the molecule is CCOc1cc2c(cc1C(=O)NC)C(=N)N(CC(=O)c1cc(N(C)CC(=O)O)cc(C(C)(C)C)c1)C2.Cl. The van der Waals surface area contributed by atoms with Crippen LogP contribution in [0.1, 0.15) is 65.1 Å². The predicted molar refractivity (Wildman–Crippen MR) is 146 cm³/mol. The van der Waals surface area contributed by atoms with Crippen molar-refractivity contribution in [1.82, 2.24) is 10.2 Å². The molecule has 0 saturated carbocycles. The smallest absolute Gasteiger partial charge is 0.323 e. The topological polar surface area (TPSA) is 123 Å². The number of carboxylic acid groups (broad SMARTS) is 1. The summed E-state index contributed by atoms with van der Waals surface area (Å²) < 4.78 is 5.65. The molecule has 1 aliphatic heterocycles. The number of Topliss-reactive ketones (excluding diaryl/α,β-unsaturated/α-hetero) is 1. The molecule has 3 rings (SSSR count). The molecule has 2 aromatic carbocycles. The van der Waals surface area contributed by atoms with Gasteiger partial charge in [0.2, 0.25) is 0 Å². The van der Waals surface area contributed by atoms with Crippen molar-refractivity contribution in [3.05, 3.63) is 58.1 Å². The van der Waals surface area contributed by atoms with E-state index in [4.69, 9.17) is 10.1 Å². The molecule has 0 unspecified atom stereocenters. The number of ether oxygens (including phenoxy) is 1. The molecule has 0 spiro atoms. The average molecular weight is 531 g/mol. The summed E-state index contributed by atoms with van der Waals surface area (Å²) in [5, 5.41) is 20.5. The number of rotatable bonds is 9. The molecule has 1 aliphatic rings. The number of benzene rings is 2. The first kappa shape index (κ1) is 29.6. The van der Waals surface area contributed by atoms with Crippen LogP contribution in [0.3, 0.4) is 0 Å². The van der Waals surface area contributed by atoms with E-state index in [2.05, 4.69) is 5.32 Å². The highest BCUT2D eigenvalue weighted by atomic mass is 35.5. The lowest BCUT2D eigenvalue weighted by Gasteiger charge is -2.25. The van der Waals surface area contributed by atoms with Crippen LogP contribution in [-0.2, 0) is 16.8 Å². The van der Waals surface area contributed by atoms with Gasteiger partial charge in [0.1, 0.15) is 18.1 Å². The summed E-state index contributed by atoms with van der Waals surface area (Å²) in [5.41, 5.74) is 3.52. The number of carbonyl (C=O) groups excluding carboxylic acids is 2. The number of halogens is 1. The lowest BCUT2D eigenvalue weighted by molar-refractivity contribution is -0.135. The van der Waals surface area contributed by atoms with E-state index in [9.17, 15) is 19.5 Å². The third kappa shape index (κ3) is 6.60. The number of amidine groups is 1. The molecule has 10 heteroatoms. The van der Waals surface area contributed by atoms with Gasteiger partial charge in [-0.2, -0.15) is 0 Å². The minimum absolute atomic E-state index is 0. The van der Waals surface area contributed by atoms with E-state index < -0.39 is 5.97 Å². The Bertz CT molecular complexity index is 1220. The highest BCUT2D eigenvalue weighted by Crippen LogP contribution is 2.32. The fourth-order valence-electron chi connectivity index (χ4n) is 4.13. The summed E-state index contributed by atoms with van der Waals surface area (Å²) in [4.78, 5) is 40.3. The molecule has 0 bridgehead atoms. The van der Waals surface area contributed by atoms with Crippen molar-refractivity contribution in [3.63, 3.8) is 0 Å². The summed E-state index contributed by atoms with van der Waals surface area (Å²) >= 11 is 0. The van der Waals surface area contributed by atoms with Gasteiger partial charge in [-0.3, -0.25) is 19.8 Å². The van der Waals surface area contributed by atoms with E-state index in [1.54, 1.807) is 35.0 Å². The molecule has 0 atom stereocenters. The van der Waals surface area contributed by atoms with Crippen molar-refractivity contribution < 1.29 is 24.2 Å². The molecule has 0 aliphatic carbocycles. The third-order valence-electron chi connectivity index (χ3n) is 6.16. The number of ketones is 1. The van der Waals surface area contributed by atoms with Gasteiger partial charge in [0, 0.05) is 37.5 Å². The standard InChI is InChI=1S/C27H34N4O5.ClH/c1-7-36-23-10-17-13-31(25(28)20(17)12-21(23)26(35)29-5)14-22(32)16-8-18(27(2,3)4)11-19(9-16)30(6)15-24(33)34;/h8-12,28H,7,13-15H2,1-6H3,(H,29,35)(H,33,34);1H. The van der Waals surface area contributed by atoms with E-state index in [0.29, 0.717) is 41.3 Å². The number of aliphatic carboxylic acids is 1. The van der Waals surface area contributed by atoms with Gasteiger partial charge >= 0.3 is 5.97 Å². The molecule has 9 nitrogen and oxygen atoms in total. The maximum Gasteiger partial charge on any atom is 0.323 e. The Morgan fingerprint density at radius 3 is 2.41 bits per heavy atom. The maximum absolute atomic E-state index is 13.4. The first-order chi connectivity index (χ1) is 16.8. The summed E-state index contributed by atoms with van der Waals surface area (Å²) in [5.74, 6) is -0.833. The number of carbonyl (C=O) groups is 3. The van der Waals surface area contributed by atoms with Gasteiger partial charge in [-0.05, 0) is 53.8 Å². The Hall–Kier alpha value is -3.59. The average Bonchev–Trinajstić information content (AvgIpc) is 3.11. The number of carboxylic acids is 1. The number of anilines is 1. The quantitative estimate of drug-likeness (QED) is 0.422. The van der Waals surface area contributed by atoms with E-state index in [1.165, 1.54) is 7.05 Å². The van der Waals surface area contributed by atoms with Gasteiger partial charge in [0.15, 0.2) is 5.78 Å². The number of fused-ring (bicyclic) bond motifs is 1. The number of hydrogen-bond acceptors (Lipinski definition) is 6. The third-order valence-corrected chi connectivity index (χ3v) is 6.16. The van der Waals surface area contributed by atoms with Crippen LogP contribution in [0.5, 0.6) is 5.75 Å². The van der Waals surface area contributed by atoms with Crippen LogP contribution in [0.2, 0.25) is 0 Å². The van der Waals surface area contributed by atoms with Crippen LogP contribution in [-0.4, -0.2) is 67.3 Å². The normalized spacial score (nSPS) is 12.5. The van der Waals surface area contributed by atoms with Crippen molar-refractivity contribution in [2.24, 2.45) is 0 Å². The Balaban J connectivity index is 0.00000481. The summed E-state index contributed by atoms with van der Waals surface area (Å²) in [6.07, 6.45) is 0.